The van der Waals surface area contributed by atoms with Gasteiger partial charge in [-0.15, -0.1) is 0 Å². The van der Waals surface area contributed by atoms with Gasteiger partial charge >= 0.3 is 0 Å². The maximum atomic E-state index is 5.58. The molecule has 1 aromatic heterocycles. The van der Waals surface area contributed by atoms with Gasteiger partial charge in [-0.05, 0) is 38.1 Å². The second-order valence-corrected chi connectivity index (χ2v) is 4.67. The topological polar surface area (TPSA) is 60.2 Å². The van der Waals surface area contributed by atoms with Crippen LogP contribution in [0.4, 0.5) is 0 Å². The number of aromatic nitrogens is 2. The van der Waals surface area contributed by atoms with Crippen LogP contribution in [0.1, 0.15) is 12.8 Å². The molecule has 5 heteroatoms. The number of hydrogen-bond donors (Lipinski definition) is 1. The van der Waals surface area contributed by atoms with Gasteiger partial charge in [0, 0.05) is 6.42 Å². The Labute approximate surface area is 112 Å². The molecule has 0 radical (unpaired) electrons. The summed E-state index contributed by atoms with van der Waals surface area (Å²) in [5.74, 6) is 2.72. The Kier molecular flexibility index (Phi) is 3.46. The SMILES string of the molecule is CCOc1ccccc1-c1noc(CC2CNC2)n1. The van der Waals surface area contributed by atoms with Crippen LogP contribution >= 0.6 is 0 Å². The summed E-state index contributed by atoms with van der Waals surface area (Å²) in [6.45, 7) is 4.65. The van der Waals surface area contributed by atoms with Crippen LogP contribution in [0, 0.1) is 5.92 Å². The summed E-state index contributed by atoms with van der Waals surface area (Å²) in [6, 6.07) is 7.76. The van der Waals surface area contributed by atoms with Gasteiger partial charge in [0.1, 0.15) is 5.75 Å². The average Bonchev–Trinajstić information content (AvgIpc) is 2.83. The predicted octanol–water partition coefficient (Wildman–Crippen LogP) is 1.90. The lowest BCUT2D eigenvalue weighted by molar-refractivity contribution is 0.296. The largest absolute Gasteiger partial charge is 0.493 e. The molecular formula is C14H17N3O2. The summed E-state index contributed by atoms with van der Waals surface area (Å²) in [7, 11) is 0. The Morgan fingerprint density at radius 1 is 1.37 bits per heavy atom. The van der Waals surface area contributed by atoms with Crippen LogP contribution in [-0.4, -0.2) is 29.8 Å². The van der Waals surface area contributed by atoms with E-state index in [-0.39, 0.29) is 0 Å². The number of benzene rings is 1. The second kappa shape index (κ2) is 5.40. The van der Waals surface area contributed by atoms with Gasteiger partial charge < -0.3 is 14.6 Å². The minimum Gasteiger partial charge on any atom is -0.493 e. The third-order valence-electron chi connectivity index (χ3n) is 3.23. The fourth-order valence-electron chi connectivity index (χ4n) is 2.12. The van der Waals surface area contributed by atoms with Crippen molar-refractivity contribution in [1.29, 1.82) is 0 Å². The first kappa shape index (κ1) is 12.2. The highest BCUT2D eigenvalue weighted by atomic mass is 16.5. The highest BCUT2D eigenvalue weighted by Gasteiger charge is 2.21. The van der Waals surface area contributed by atoms with Crippen LogP contribution in [0.2, 0.25) is 0 Å². The van der Waals surface area contributed by atoms with E-state index in [1.807, 2.05) is 31.2 Å². The minimum atomic E-state index is 0.603. The van der Waals surface area contributed by atoms with Crippen LogP contribution < -0.4 is 10.1 Å². The van der Waals surface area contributed by atoms with E-state index in [4.69, 9.17) is 9.26 Å². The normalized spacial score (nSPS) is 15.2. The van der Waals surface area contributed by atoms with Gasteiger partial charge in [0.05, 0.1) is 12.2 Å². The number of rotatable bonds is 5. The second-order valence-electron chi connectivity index (χ2n) is 4.67. The molecule has 0 bridgehead atoms. The molecule has 1 fully saturated rings. The Balaban J connectivity index is 1.81. The summed E-state index contributed by atoms with van der Waals surface area (Å²) in [4.78, 5) is 4.46. The average molecular weight is 259 g/mol. The maximum Gasteiger partial charge on any atom is 0.227 e. The van der Waals surface area contributed by atoms with Crippen LogP contribution in [0.15, 0.2) is 28.8 Å². The van der Waals surface area contributed by atoms with Crippen LogP contribution in [0.5, 0.6) is 5.75 Å². The Hall–Kier alpha value is -1.88. The van der Waals surface area contributed by atoms with E-state index >= 15 is 0 Å². The minimum absolute atomic E-state index is 0.603. The van der Waals surface area contributed by atoms with Gasteiger partial charge in [0.25, 0.3) is 0 Å². The third kappa shape index (κ3) is 2.61. The van der Waals surface area contributed by atoms with Crippen molar-refractivity contribution in [2.45, 2.75) is 13.3 Å². The maximum absolute atomic E-state index is 5.58. The smallest absolute Gasteiger partial charge is 0.227 e. The summed E-state index contributed by atoms with van der Waals surface area (Å²) in [5.41, 5.74) is 0.881. The van der Waals surface area contributed by atoms with Crippen molar-refractivity contribution < 1.29 is 9.26 Å². The van der Waals surface area contributed by atoms with E-state index in [0.717, 1.165) is 30.8 Å². The molecule has 3 rings (SSSR count). The van der Waals surface area contributed by atoms with E-state index in [1.165, 1.54) is 0 Å². The first-order valence-electron chi connectivity index (χ1n) is 6.62. The number of nitrogens with zero attached hydrogens (tertiary/aromatic N) is 2. The summed E-state index contributed by atoms with van der Waals surface area (Å²) in [5, 5.41) is 7.29. The van der Waals surface area contributed by atoms with Crippen molar-refractivity contribution >= 4 is 0 Å². The number of nitrogens with one attached hydrogen (secondary N) is 1. The van der Waals surface area contributed by atoms with Crippen molar-refractivity contribution in [1.82, 2.24) is 15.5 Å². The van der Waals surface area contributed by atoms with Crippen LogP contribution in [0.3, 0.4) is 0 Å². The molecule has 0 amide bonds. The first-order valence-corrected chi connectivity index (χ1v) is 6.62. The van der Waals surface area contributed by atoms with Crippen LogP contribution in [0.25, 0.3) is 11.4 Å². The molecule has 19 heavy (non-hydrogen) atoms. The van der Waals surface area contributed by atoms with Gasteiger partial charge in [-0.25, -0.2) is 0 Å². The molecule has 1 aliphatic heterocycles. The molecule has 1 aromatic carbocycles. The Morgan fingerprint density at radius 3 is 2.95 bits per heavy atom. The molecule has 1 saturated heterocycles. The highest BCUT2D eigenvalue weighted by molar-refractivity contribution is 5.63. The van der Waals surface area contributed by atoms with Crippen molar-refractivity contribution in [3.8, 4) is 17.1 Å². The van der Waals surface area contributed by atoms with E-state index in [2.05, 4.69) is 15.5 Å². The summed E-state index contributed by atoms with van der Waals surface area (Å²) < 4.78 is 10.9. The van der Waals surface area contributed by atoms with Crippen molar-refractivity contribution in [2.75, 3.05) is 19.7 Å². The predicted molar refractivity (Wildman–Crippen MR) is 71.0 cm³/mol. The molecule has 5 nitrogen and oxygen atoms in total. The molecule has 0 atom stereocenters. The fraction of sp³-hybridized carbons (Fsp3) is 0.429. The van der Waals surface area contributed by atoms with E-state index in [9.17, 15) is 0 Å². The molecule has 100 valence electrons. The molecule has 1 N–H and O–H groups in total. The summed E-state index contributed by atoms with van der Waals surface area (Å²) in [6.07, 6.45) is 0.844. The zero-order chi connectivity index (χ0) is 13.1. The monoisotopic (exact) mass is 259 g/mol. The Morgan fingerprint density at radius 2 is 2.21 bits per heavy atom. The molecule has 0 unspecified atom stereocenters. The molecule has 0 spiro atoms. The lowest BCUT2D eigenvalue weighted by atomic mass is 10.00. The quantitative estimate of drug-likeness (QED) is 0.888. The van der Waals surface area contributed by atoms with Crippen molar-refractivity contribution in [2.24, 2.45) is 5.92 Å². The molecule has 0 aliphatic carbocycles. The molecular weight excluding hydrogens is 242 g/mol. The van der Waals surface area contributed by atoms with Gasteiger partial charge in [0.2, 0.25) is 11.7 Å². The van der Waals surface area contributed by atoms with Gasteiger partial charge in [0.15, 0.2) is 0 Å². The zero-order valence-corrected chi connectivity index (χ0v) is 10.9. The summed E-state index contributed by atoms with van der Waals surface area (Å²) >= 11 is 0. The molecule has 1 aliphatic rings. The lowest BCUT2D eigenvalue weighted by Gasteiger charge is -2.25. The van der Waals surface area contributed by atoms with Gasteiger partial charge in [-0.3, -0.25) is 0 Å². The molecule has 2 heterocycles. The fourth-order valence-corrected chi connectivity index (χ4v) is 2.12. The van der Waals surface area contributed by atoms with E-state index in [1.54, 1.807) is 0 Å². The van der Waals surface area contributed by atoms with E-state index < -0.39 is 0 Å². The van der Waals surface area contributed by atoms with Gasteiger partial charge in [-0.1, -0.05) is 17.3 Å². The van der Waals surface area contributed by atoms with Crippen LogP contribution in [-0.2, 0) is 6.42 Å². The molecule has 0 saturated carbocycles. The Bertz CT molecular complexity index is 549. The highest BCUT2D eigenvalue weighted by Crippen LogP contribution is 2.27. The third-order valence-corrected chi connectivity index (χ3v) is 3.23. The first-order chi connectivity index (χ1) is 9.36. The van der Waals surface area contributed by atoms with E-state index in [0.29, 0.717) is 24.2 Å². The number of para-hydroxylation sites is 1. The van der Waals surface area contributed by atoms with Crippen molar-refractivity contribution in [3.05, 3.63) is 30.2 Å². The lowest BCUT2D eigenvalue weighted by Crippen LogP contribution is -2.43. The molecule has 2 aromatic rings. The zero-order valence-electron chi connectivity index (χ0n) is 10.9. The van der Waals surface area contributed by atoms with Gasteiger partial charge in [-0.2, -0.15) is 4.98 Å². The standard InChI is InChI=1S/C14H17N3O2/c1-2-18-12-6-4-3-5-11(12)14-16-13(19-17-14)7-10-8-15-9-10/h3-6,10,15H,2,7-9H2,1H3. The number of hydrogen-bond acceptors (Lipinski definition) is 5. The van der Waals surface area contributed by atoms with Crippen molar-refractivity contribution in [3.63, 3.8) is 0 Å². The number of ether oxygens (including phenoxy) is 1.